The van der Waals surface area contributed by atoms with E-state index >= 15 is 0 Å². The van der Waals surface area contributed by atoms with Crippen molar-refractivity contribution >= 4 is 22.6 Å². The van der Waals surface area contributed by atoms with E-state index < -0.39 is 6.23 Å². The number of imidazole rings is 1. The van der Waals surface area contributed by atoms with Crippen LogP contribution < -0.4 is 5.48 Å². The molecule has 0 aliphatic carbocycles. The summed E-state index contributed by atoms with van der Waals surface area (Å²) in [4.78, 5) is 4.33. The zero-order valence-electron chi connectivity index (χ0n) is 11.1. The maximum absolute atomic E-state index is 9.46. The van der Waals surface area contributed by atoms with Crippen LogP contribution in [0.2, 0.25) is 5.02 Å². The van der Waals surface area contributed by atoms with Crippen LogP contribution in [-0.2, 0) is 6.54 Å². The molecule has 0 aliphatic heterocycles. The molecule has 108 valence electrons. The molecule has 3 rings (SSSR count). The number of aromatic nitrogens is 2. The molecule has 1 atom stereocenters. The van der Waals surface area contributed by atoms with Crippen molar-refractivity contribution in [3.05, 3.63) is 64.9 Å². The molecule has 0 fully saturated rings. The number of fused-ring (bicyclic) bond motifs is 1. The van der Waals surface area contributed by atoms with Crippen molar-refractivity contribution in [1.29, 1.82) is 0 Å². The molecule has 0 radical (unpaired) electrons. The second-order valence-corrected chi connectivity index (χ2v) is 5.22. The Labute approximate surface area is 126 Å². The quantitative estimate of drug-likeness (QED) is 0.512. The van der Waals surface area contributed by atoms with Gasteiger partial charge in [0.25, 0.3) is 0 Å². The number of halogens is 1. The first-order chi connectivity index (χ1) is 10.2. The third kappa shape index (κ3) is 2.91. The molecule has 21 heavy (non-hydrogen) atoms. The summed E-state index contributed by atoms with van der Waals surface area (Å²) in [5, 5.41) is 18.8. The first-order valence-corrected chi connectivity index (χ1v) is 6.82. The minimum Gasteiger partial charge on any atom is -0.372 e. The largest absolute Gasteiger partial charge is 0.372 e. The number of aliphatic hydroxyl groups excluding tert-OH is 1. The summed E-state index contributed by atoms with van der Waals surface area (Å²) in [7, 11) is 0. The summed E-state index contributed by atoms with van der Waals surface area (Å²) in [6, 6.07) is 12.9. The van der Waals surface area contributed by atoms with Crippen LogP contribution in [0.4, 0.5) is 0 Å². The Bertz CT molecular complexity index is 755. The van der Waals surface area contributed by atoms with Gasteiger partial charge in [-0.3, -0.25) is 0 Å². The molecule has 2 aromatic carbocycles. The van der Waals surface area contributed by atoms with Gasteiger partial charge >= 0.3 is 0 Å². The maximum atomic E-state index is 9.46. The van der Waals surface area contributed by atoms with E-state index in [0.717, 1.165) is 16.6 Å². The van der Waals surface area contributed by atoms with Crippen molar-refractivity contribution in [2.24, 2.45) is 0 Å². The zero-order valence-corrected chi connectivity index (χ0v) is 11.8. The third-order valence-corrected chi connectivity index (χ3v) is 3.59. The fraction of sp³-hybridized carbons (Fsp3) is 0.133. The molecule has 0 bridgehead atoms. The van der Waals surface area contributed by atoms with Gasteiger partial charge in [-0.05, 0) is 29.3 Å². The molecule has 1 aromatic heterocycles. The van der Waals surface area contributed by atoms with Gasteiger partial charge in [0.05, 0.1) is 17.4 Å². The number of hydrogen-bond donors (Lipinski definition) is 3. The van der Waals surface area contributed by atoms with Gasteiger partial charge in [-0.25, -0.2) is 4.98 Å². The van der Waals surface area contributed by atoms with Crippen LogP contribution in [0, 0.1) is 0 Å². The lowest BCUT2D eigenvalue weighted by atomic mass is 10.1. The Morgan fingerprint density at radius 1 is 1.19 bits per heavy atom. The number of rotatable bonds is 4. The van der Waals surface area contributed by atoms with Crippen molar-refractivity contribution < 1.29 is 10.3 Å². The molecule has 0 saturated heterocycles. The standard InChI is InChI=1S/C15H14ClN3O2/c16-12-5-6-14-13(7-12)17-9-19(14)8-10-1-3-11(4-2-10)15(20)18-21/h1-7,9,15,18,20-21H,8H2. The molecule has 0 saturated carbocycles. The third-order valence-electron chi connectivity index (χ3n) is 3.35. The predicted octanol–water partition coefficient (Wildman–Crippen LogP) is 2.71. The van der Waals surface area contributed by atoms with Crippen molar-refractivity contribution in [2.45, 2.75) is 12.8 Å². The van der Waals surface area contributed by atoms with E-state index in [2.05, 4.69) is 4.98 Å². The number of hydrogen-bond acceptors (Lipinski definition) is 4. The summed E-state index contributed by atoms with van der Waals surface area (Å²) >= 11 is 5.95. The van der Waals surface area contributed by atoms with Crippen molar-refractivity contribution in [2.75, 3.05) is 0 Å². The fourth-order valence-corrected chi connectivity index (χ4v) is 2.41. The summed E-state index contributed by atoms with van der Waals surface area (Å²) in [6.45, 7) is 0.668. The van der Waals surface area contributed by atoms with Crippen LogP contribution in [0.1, 0.15) is 17.4 Å². The molecular weight excluding hydrogens is 290 g/mol. The Morgan fingerprint density at radius 2 is 1.95 bits per heavy atom. The fourth-order valence-electron chi connectivity index (χ4n) is 2.24. The number of aliphatic hydroxyl groups is 1. The van der Waals surface area contributed by atoms with Gasteiger partial charge in [-0.1, -0.05) is 35.9 Å². The van der Waals surface area contributed by atoms with E-state index in [0.29, 0.717) is 17.1 Å². The first kappa shape index (κ1) is 14.0. The molecule has 0 spiro atoms. The molecule has 3 N–H and O–H groups in total. The van der Waals surface area contributed by atoms with Crippen molar-refractivity contribution in [3.8, 4) is 0 Å². The monoisotopic (exact) mass is 303 g/mol. The zero-order chi connectivity index (χ0) is 14.8. The second kappa shape index (κ2) is 5.83. The van der Waals surface area contributed by atoms with E-state index in [-0.39, 0.29) is 0 Å². The van der Waals surface area contributed by atoms with Crippen LogP contribution >= 0.6 is 11.6 Å². The number of nitrogens with zero attached hydrogens (tertiary/aromatic N) is 2. The van der Waals surface area contributed by atoms with Gasteiger partial charge in [-0.2, -0.15) is 5.48 Å². The smallest absolute Gasteiger partial charge is 0.152 e. The minimum absolute atomic E-state index is 0.600. The van der Waals surface area contributed by atoms with Gasteiger partial charge in [0.1, 0.15) is 0 Å². The predicted molar refractivity (Wildman–Crippen MR) is 80.2 cm³/mol. The summed E-state index contributed by atoms with van der Waals surface area (Å²) in [5.41, 5.74) is 5.35. The lowest BCUT2D eigenvalue weighted by Gasteiger charge is -2.10. The molecule has 6 heteroatoms. The van der Waals surface area contributed by atoms with Crippen LogP contribution in [0.3, 0.4) is 0 Å². The highest BCUT2D eigenvalue weighted by atomic mass is 35.5. The summed E-state index contributed by atoms with van der Waals surface area (Å²) in [5.74, 6) is 0. The normalized spacial score (nSPS) is 12.7. The van der Waals surface area contributed by atoms with Crippen LogP contribution in [0.15, 0.2) is 48.8 Å². The molecule has 1 unspecified atom stereocenters. The Balaban J connectivity index is 1.85. The summed E-state index contributed by atoms with van der Waals surface area (Å²) < 4.78 is 2.03. The Hall–Kier alpha value is -1.92. The van der Waals surface area contributed by atoms with Gasteiger partial charge < -0.3 is 14.9 Å². The van der Waals surface area contributed by atoms with Gasteiger partial charge in [0.2, 0.25) is 0 Å². The molecule has 1 heterocycles. The number of benzene rings is 2. The highest BCUT2D eigenvalue weighted by Crippen LogP contribution is 2.19. The van der Waals surface area contributed by atoms with E-state index in [1.165, 1.54) is 0 Å². The molecule has 0 aliphatic rings. The highest BCUT2D eigenvalue weighted by Gasteiger charge is 2.06. The Kier molecular flexibility index (Phi) is 3.90. The minimum atomic E-state index is -1.07. The van der Waals surface area contributed by atoms with Crippen LogP contribution in [0.25, 0.3) is 11.0 Å². The van der Waals surface area contributed by atoms with Crippen LogP contribution in [-0.4, -0.2) is 19.9 Å². The highest BCUT2D eigenvalue weighted by molar-refractivity contribution is 6.31. The maximum Gasteiger partial charge on any atom is 0.152 e. The lowest BCUT2D eigenvalue weighted by molar-refractivity contribution is 0.000692. The van der Waals surface area contributed by atoms with E-state index in [1.54, 1.807) is 23.9 Å². The topological polar surface area (TPSA) is 70.3 Å². The number of nitrogens with one attached hydrogen (secondary N) is 1. The average Bonchev–Trinajstić information content (AvgIpc) is 2.89. The Morgan fingerprint density at radius 3 is 2.67 bits per heavy atom. The number of hydroxylamine groups is 1. The molecular formula is C15H14ClN3O2. The van der Waals surface area contributed by atoms with Gasteiger partial charge in [0, 0.05) is 11.6 Å². The van der Waals surface area contributed by atoms with Crippen molar-refractivity contribution in [1.82, 2.24) is 15.0 Å². The van der Waals surface area contributed by atoms with Gasteiger partial charge in [-0.15, -0.1) is 0 Å². The second-order valence-electron chi connectivity index (χ2n) is 4.78. The van der Waals surface area contributed by atoms with Crippen molar-refractivity contribution in [3.63, 3.8) is 0 Å². The molecule has 0 amide bonds. The van der Waals surface area contributed by atoms with Crippen LogP contribution in [0.5, 0.6) is 0 Å². The summed E-state index contributed by atoms with van der Waals surface area (Å²) in [6.07, 6.45) is 0.703. The van der Waals surface area contributed by atoms with Gasteiger partial charge in [0.15, 0.2) is 6.23 Å². The van der Waals surface area contributed by atoms with E-state index in [9.17, 15) is 5.11 Å². The molecule has 5 nitrogen and oxygen atoms in total. The van der Waals surface area contributed by atoms with E-state index in [1.807, 2.05) is 34.9 Å². The SMILES string of the molecule is ONC(O)c1ccc(Cn2cnc3cc(Cl)ccc32)cc1. The first-order valence-electron chi connectivity index (χ1n) is 6.44. The lowest BCUT2D eigenvalue weighted by Crippen LogP contribution is -2.15. The average molecular weight is 304 g/mol. The van der Waals surface area contributed by atoms with E-state index in [4.69, 9.17) is 16.8 Å². The molecule has 3 aromatic rings.